The summed E-state index contributed by atoms with van der Waals surface area (Å²) in [6.07, 6.45) is 0.475. The van der Waals surface area contributed by atoms with Crippen molar-refractivity contribution in [3.8, 4) is 0 Å². The number of carbonyl (C=O) groups is 1. The fourth-order valence-electron chi connectivity index (χ4n) is 1.65. The van der Waals surface area contributed by atoms with Gasteiger partial charge in [0.15, 0.2) is 0 Å². The Morgan fingerprint density at radius 1 is 1.39 bits per heavy atom. The molecular weight excluding hydrogens is 294 g/mol. The van der Waals surface area contributed by atoms with Crippen LogP contribution in [0, 0.1) is 5.92 Å². The number of hydrogen-bond acceptors (Lipinski definition) is 2. The third-order valence-corrected chi connectivity index (χ3v) is 3.37. The lowest BCUT2D eigenvalue weighted by molar-refractivity contribution is -0.144. The van der Waals surface area contributed by atoms with Gasteiger partial charge in [-0.15, -0.1) is 0 Å². The van der Waals surface area contributed by atoms with Gasteiger partial charge < -0.3 is 10.4 Å². The maximum Gasteiger partial charge on any atom is 0.323 e. The smallest absolute Gasteiger partial charge is 0.323 e. The van der Waals surface area contributed by atoms with Gasteiger partial charge in [-0.2, -0.15) is 0 Å². The Balaban J connectivity index is 2.79. The molecule has 1 rings (SSSR count). The third kappa shape index (κ3) is 4.42. The second kappa shape index (κ2) is 6.34. The van der Waals surface area contributed by atoms with Crippen LogP contribution in [0.2, 0.25) is 0 Å². The van der Waals surface area contributed by atoms with Crippen LogP contribution in [0.4, 0.5) is 0 Å². The Labute approximate surface area is 117 Å². The number of hydrogen-bond donors (Lipinski definition) is 2. The largest absolute Gasteiger partial charge is 0.480 e. The highest BCUT2D eigenvalue weighted by Crippen LogP contribution is 2.17. The van der Waals surface area contributed by atoms with Crippen LogP contribution in [0.15, 0.2) is 28.7 Å². The maximum atomic E-state index is 11.4. The number of rotatable bonds is 6. The first-order valence-electron chi connectivity index (χ1n) is 6.06. The summed E-state index contributed by atoms with van der Waals surface area (Å²) in [5.41, 5.74) is 0.0947. The van der Waals surface area contributed by atoms with Crippen LogP contribution in [0.5, 0.6) is 0 Å². The van der Waals surface area contributed by atoms with Crippen molar-refractivity contribution in [3.05, 3.63) is 34.3 Å². The van der Waals surface area contributed by atoms with E-state index in [1.165, 1.54) is 0 Å². The molecule has 0 aliphatic heterocycles. The number of nitrogens with one attached hydrogen (secondary N) is 1. The molecule has 0 amide bonds. The van der Waals surface area contributed by atoms with Crippen LogP contribution in [0.25, 0.3) is 0 Å². The summed E-state index contributed by atoms with van der Waals surface area (Å²) in [5.74, 6) is -0.389. The molecule has 0 aliphatic carbocycles. The van der Waals surface area contributed by atoms with Gasteiger partial charge in [0.1, 0.15) is 5.54 Å². The molecule has 1 atom stereocenters. The zero-order valence-electron chi connectivity index (χ0n) is 11.0. The molecule has 1 aromatic carbocycles. The third-order valence-electron chi connectivity index (χ3n) is 2.84. The second-order valence-electron chi connectivity index (χ2n) is 5.22. The van der Waals surface area contributed by atoms with Crippen LogP contribution >= 0.6 is 15.9 Å². The summed E-state index contributed by atoms with van der Waals surface area (Å²) in [4.78, 5) is 11.4. The summed E-state index contributed by atoms with van der Waals surface area (Å²) >= 11 is 3.37. The van der Waals surface area contributed by atoms with Gasteiger partial charge in [0.25, 0.3) is 0 Å². The maximum absolute atomic E-state index is 11.4. The zero-order chi connectivity index (χ0) is 13.8. The van der Waals surface area contributed by atoms with Crippen LogP contribution in [-0.4, -0.2) is 23.2 Å². The lowest BCUT2D eigenvalue weighted by Crippen LogP contribution is -2.52. The molecular formula is C14H20BrNO2. The highest BCUT2D eigenvalue weighted by molar-refractivity contribution is 9.10. The van der Waals surface area contributed by atoms with Gasteiger partial charge in [-0.3, -0.25) is 4.79 Å². The van der Waals surface area contributed by atoms with Crippen LogP contribution in [-0.2, 0) is 11.2 Å². The zero-order valence-corrected chi connectivity index (χ0v) is 12.6. The van der Waals surface area contributed by atoms with Crippen molar-refractivity contribution in [2.24, 2.45) is 5.92 Å². The predicted octanol–water partition coefficient (Wildman–Crippen LogP) is 3.08. The van der Waals surface area contributed by atoms with Crippen LogP contribution in [0.3, 0.4) is 0 Å². The monoisotopic (exact) mass is 313 g/mol. The molecule has 0 radical (unpaired) electrons. The van der Waals surface area contributed by atoms with Crippen molar-refractivity contribution in [1.29, 1.82) is 0 Å². The van der Waals surface area contributed by atoms with E-state index < -0.39 is 11.5 Å². The molecule has 0 bridgehead atoms. The first-order valence-corrected chi connectivity index (χ1v) is 6.85. The molecule has 2 N–H and O–H groups in total. The molecule has 0 heterocycles. The van der Waals surface area contributed by atoms with Crippen molar-refractivity contribution in [1.82, 2.24) is 5.32 Å². The number of halogens is 1. The van der Waals surface area contributed by atoms with Gasteiger partial charge in [-0.1, -0.05) is 41.9 Å². The Morgan fingerprint density at radius 2 is 1.94 bits per heavy atom. The van der Waals surface area contributed by atoms with Gasteiger partial charge in [0, 0.05) is 10.9 Å². The minimum absolute atomic E-state index is 0.425. The highest BCUT2D eigenvalue weighted by atomic mass is 79.9. The Hall–Kier alpha value is -0.870. The quantitative estimate of drug-likeness (QED) is 0.848. The summed E-state index contributed by atoms with van der Waals surface area (Å²) in [6.45, 7) is 6.56. The van der Waals surface area contributed by atoms with E-state index in [-0.39, 0.29) is 0 Å². The van der Waals surface area contributed by atoms with Crippen molar-refractivity contribution in [2.45, 2.75) is 32.7 Å². The predicted molar refractivity (Wildman–Crippen MR) is 76.7 cm³/mol. The summed E-state index contributed by atoms with van der Waals surface area (Å²) in [6, 6.07) is 7.75. The fraction of sp³-hybridized carbons (Fsp3) is 0.500. The molecule has 0 aromatic heterocycles. The minimum Gasteiger partial charge on any atom is -0.480 e. The SMILES string of the molecule is CC(C)CNC(C)(Cc1ccc(Br)cc1)C(=O)O. The topological polar surface area (TPSA) is 49.3 Å². The van der Waals surface area contributed by atoms with Crippen molar-refractivity contribution in [2.75, 3.05) is 6.54 Å². The van der Waals surface area contributed by atoms with E-state index in [1.54, 1.807) is 6.92 Å². The Morgan fingerprint density at radius 3 is 2.39 bits per heavy atom. The molecule has 0 spiro atoms. The van der Waals surface area contributed by atoms with E-state index in [2.05, 4.69) is 35.1 Å². The molecule has 4 heteroatoms. The number of benzene rings is 1. The van der Waals surface area contributed by atoms with Crippen molar-refractivity contribution in [3.63, 3.8) is 0 Å². The first-order chi connectivity index (χ1) is 8.33. The van der Waals surface area contributed by atoms with E-state index in [0.717, 1.165) is 10.0 Å². The molecule has 18 heavy (non-hydrogen) atoms. The highest BCUT2D eigenvalue weighted by Gasteiger charge is 2.32. The number of aliphatic carboxylic acids is 1. The van der Waals surface area contributed by atoms with Gasteiger partial charge in [-0.05, 0) is 37.1 Å². The minimum atomic E-state index is -0.919. The molecule has 3 nitrogen and oxygen atoms in total. The Kier molecular flexibility index (Phi) is 5.35. The summed E-state index contributed by atoms with van der Waals surface area (Å²) < 4.78 is 0.999. The molecule has 0 fully saturated rings. The molecule has 1 unspecified atom stereocenters. The van der Waals surface area contributed by atoms with Crippen molar-refractivity contribution >= 4 is 21.9 Å². The molecule has 0 saturated heterocycles. The normalized spacial score (nSPS) is 14.5. The van der Waals surface area contributed by atoms with Gasteiger partial charge in [0.2, 0.25) is 0 Å². The first kappa shape index (κ1) is 15.2. The number of carboxylic acid groups (broad SMARTS) is 1. The van der Waals surface area contributed by atoms with Gasteiger partial charge in [0.05, 0.1) is 0 Å². The van der Waals surface area contributed by atoms with Gasteiger partial charge in [-0.25, -0.2) is 0 Å². The molecule has 100 valence electrons. The van der Waals surface area contributed by atoms with Crippen molar-refractivity contribution < 1.29 is 9.90 Å². The average Bonchev–Trinajstić information content (AvgIpc) is 2.29. The van der Waals surface area contributed by atoms with E-state index in [0.29, 0.717) is 18.9 Å². The summed E-state index contributed by atoms with van der Waals surface area (Å²) in [7, 11) is 0. The standard InChI is InChI=1S/C14H20BrNO2/c1-10(2)9-16-14(3,13(17)18)8-11-4-6-12(15)7-5-11/h4-7,10,16H,8-9H2,1-3H3,(H,17,18). The molecule has 0 aliphatic rings. The average molecular weight is 314 g/mol. The van der Waals surface area contributed by atoms with E-state index in [4.69, 9.17) is 0 Å². The van der Waals surface area contributed by atoms with E-state index >= 15 is 0 Å². The van der Waals surface area contributed by atoms with E-state index in [1.807, 2.05) is 24.3 Å². The molecule has 1 aromatic rings. The van der Waals surface area contributed by atoms with Gasteiger partial charge >= 0.3 is 5.97 Å². The molecule has 0 saturated carbocycles. The number of carboxylic acids is 1. The lowest BCUT2D eigenvalue weighted by atomic mass is 9.92. The van der Waals surface area contributed by atoms with Crippen LogP contribution in [0.1, 0.15) is 26.3 Å². The summed E-state index contributed by atoms with van der Waals surface area (Å²) in [5, 5.41) is 12.5. The fourth-order valence-corrected chi connectivity index (χ4v) is 1.92. The lowest BCUT2D eigenvalue weighted by Gasteiger charge is -2.27. The Bertz CT molecular complexity index is 403. The van der Waals surface area contributed by atoms with E-state index in [9.17, 15) is 9.90 Å². The second-order valence-corrected chi connectivity index (χ2v) is 6.13. The van der Waals surface area contributed by atoms with Crippen LogP contribution < -0.4 is 5.32 Å².